The van der Waals surface area contributed by atoms with Gasteiger partial charge in [0.2, 0.25) is 20.9 Å². The molecule has 22 heavy (non-hydrogen) atoms. The van der Waals surface area contributed by atoms with E-state index in [0.717, 1.165) is 12.8 Å². The van der Waals surface area contributed by atoms with Crippen LogP contribution >= 0.6 is 0 Å². The maximum atomic E-state index is 12.7. The second-order valence-corrected chi connectivity index (χ2v) is 7.96. The van der Waals surface area contributed by atoms with Crippen LogP contribution in [-0.4, -0.2) is 65.5 Å². The zero-order chi connectivity index (χ0) is 15.9. The number of sulfone groups is 1. The third-order valence-electron chi connectivity index (χ3n) is 4.20. The molecule has 1 aromatic heterocycles. The number of hydrogen-bond donors (Lipinski definition) is 0. The number of aromatic nitrogens is 3. The number of carbonyl (C=O) groups excluding carboxylic acids is 1. The Bertz CT molecular complexity index is 674. The first-order valence-corrected chi connectivity index (χ1v) is 8.97. The Kier molecular flexibility index (Phi) is 3.94. The second-order valence-electron chi connectivity index (χ2n) is 5.80. The molecule has 8 nitrogen and oxygen atoms in total. The van der Waals surface area contributed by atoms with E-state index in [9.17, 15) is 13.2 Å². The van der Waals surface area contributed by atoms with E-state index in [4.69, 9.17) is 4.74 Å². The fourth-order valence-corrected chi connectivity index (χ4v) is 3.96. The van der Waals surface area contributed by atoms with Crippen LogP contribution in [0.2, 0.25) is 0 Å². The molecule has 1 aliphatic carbocycles. The molecule has 2 aliphatic rings. The molecule has 1 aromatic rings. The lowest BCUT2D eigenvalue weighted by Crippen LogP contribution is -2.47. The van der Waals surface area contributed by atoms with E-state index in [0.29, 0.717) is 38.0 Å². The lowest BCUT2D eigenvalue weighted by molar-refractivity contribution is -0.134. The van der Waals surface area contributed by atoms with Gasteiger partial charge in [0.05, 0.1) is 13.2 Å². The van der Waals surface area contributed by atoms with Crippen molar-refractivity contribution in [2.24, 2.45) is 7.05 Å². The molecular weight excluding hydrogens is 308 g/mol. The van der Waals surface area contributed by atoms with Crippen LogP contribution in [-0.2, 0) is 26.4 Å². The molecule has 0 spiro atoms. The maximum Gasteiger partial charge on any atom is 0.250 e. The van der Waals surface area contributed by atoms with Gasteiger partial charge in [-0.15, -0.1) is 10.2 Å². The van der Waals surface area contributed by atoms with Crippen LogP contribution in [0, 0.1) is 0 Å². The summed E-state index contributed by atoms with van der Waals surface area (Å²) in [5.74, 6) is 0.579. The van der Waals surface area contributed by atoms with Crippen LogP contribution in [0.25, 0.3) is 0 Å². The molecule has 1 aliphatic heterocycles. The quantitative estimate of drug-likeness (QED) is 0.754. The molecule has 9 heteroatoms. The molecule has 2 heterocycles. The van der Waals surface area contributed by atoms with Crippen molar-refractivity contribution in [3.05, 3.63) is 5.82 Å². The molecular formula is C13H20N4O4S. The minimum absolute atomic E-state index is 0.122. The molecule has 1 atom stereocenters. The van der Waals surface area contributed by atoms with Crippen molar-refractivity contribution in [2.45, 2.75) is 36.1 Å². The van der Waals surface area contributed by atoms with E-state index in [2.05, 4.69) is 10.2 Å². The van der Waals surface area contributed by atoms with Crippen LogP contribution in [0.3, 0.4) is 0 Å². The molecule has 0 bridgehead atoms. The van der Waals surface area contributed by atoms with Crippen LogP contribution < -0.4 is 0 Å². The van der Waals surface area contributed by atoms with E-state index >= 15 is 0 Å². The third-order valence-corrected chi connectivity index (χ3v) is 6.20. The average Bonchev–Trinajstić information content (AvgIpc) is 3.28. The Morgan fingerprint density at radius 2 is 1.91 bits per heavy atom. The van der Waals surface area contributed by atoms with E-state index in [1.807, 2.05) is 0 Å². The molecule has 122 valence electrons. The predicted octanol–water partition coefficient (Wildman–Crippen LogP) is -0.286. The van der Waals surface area contributed by atoms with Gasteiger partial charge >= 0.3 is 0 Å². The summed E-state index contributed by atoms with van der Waals surface area (Å²) in [5, 5.41) is 6.53. The first kappa shape index (κ1) is 15.4. The molecule has 1 unspecified atom stereocenters. The van der Waals surface area contributed by atoms with Gasteiger partial charge in [0, 0.05) is 26.1 Å². The third kappa shape index (κ3) is 2.63. The maximum absolute atomic E-state index is 12.7. The molecule has 0 aromatic carbocycles. The van der Waals surface area contributed by atoms with Gasteiger partial charge in [-0.1, -0.05) is 0 Å². The lowest BCUT2D eigenvalue weighted by atomic mass is 10.3. The largest absolute Gasteiger partial charge is 0.378 e. The number of ether oxygens (including phenoxy) is 1. The summed E-state index contributed by atoms with van der Waals surface area (Å²) >= 11 is 0. The van der Waals surface area contributed by atoms with Gasteiger partial charge in [-0.05, 0) is 19.8 Å². The summed E-state index contributed by atoms with van der Waals surface area (Å²) in [7, 11) is -2.20. The zero-order valence-corrected chi connectivity index (χ0v) is 13.5. The highest BCUT2D eigenvalue weighted by Gasteiger charge is 2.39. The second kappa shape index (κ2) is 5.62. The normalized spacial score (nSPS) is 20.9. The molecule has 1 amide bonds. The number of morpholine rings is 1. The summed E-state index contributed by atoms with van der Waals surface area (Å²) in [5.41, 5.74) is 0. The van der Waals surface area contributed by atoms with Crippen molar-refractivity contribution in [1.29, 1.82) is 0 Å². The van der Waals surface area contributed by atoms with Crippen LogP contribution in [0.15, 0.2) is 5.16 Å². The Balaban J connectivity index is 1.83. The Labute approximate surface area is 129 Å². The summed E-state index contributed by atoms with van der Waals surface area (Å²) in [6.45, 7) is 3.14. The zero-order valence-electron chi connectivity index (χ0n) is 12.7. The SMILES string of the molecule is CC(C(=O)N1CCOCC1)S(=O)(=O)c1nnc(C2CC2)n1C. The smallest absolute Gasteiger partial charge is 0.250 e. The van der Waals surface area contributed by atoms with Crippen molar-refractivity contribution in [2.75, 3.05) is 26.3 Å². The highest BCUT2D eigenvalue weighted by molar-refractivity contribution is 7.92. The van der Waals surface area contributed by atoms with Crippen molar-refractivity contribution < 1.29 is 17.9 Å². The monoisotopic (exact) mass is 328 g/mol. The van der Waals surface area contributed by atoms with Gasteiger partial charge in [-0.3, -0.25) is 4.79 Å². The van der Waals surface area contributed by atoms with Gasteiger partial charge in [0.1, 0.15) is 11.1 Å². The molecule has 0 N–H and O–H groups in total. The average molecular weight is 328 g/mol. The Hall–Kier alpha value is -1.48. The number of carbonyl (C=O) groups is 1. The summed E-state index contributed by atoms with van der Waals surface area (Å²) < 4.78 is 32.1. The van der Waals surface area contributed by atoms with Crippen molar-refractivity contribution in [3.8, 4) is 0 Å². The number of nitrogens with zero attached hydrogens (tertiary/aromatic N) is 4. The first-order chi connectivity index (χ1) is 10.4. The van der Waals surface area contributed by atoms with Crippen molar-refractivity contribution >= 4 is 15.7 Å². The van der Waals surface area contributed by atoms with Crippen LogP contribution in [0.1, 0.15) is 31.5 Å². The molecule has 0 radical (unpaired) electrons. The first-order valence-electron chi connectivity index (χ1n) is 7.42. The van der Waals surface area contributed by atoms with Gasteiger partial charge in [0.15, 0.2) is 0 Å². The van der Waals surface area contributed by atoms with E-state index in [1.165, 1.54) is 16.4 Å². The highest BCUT2D eigenvalue weighted by atomic mass is 32.2. The van der Waals surface area contributed by atoms with Crippen molar-refractivity contribution in [3.63, 3.8) is 0 Å². The van der Waals surface area contributed by atoms with Gasteiger partial charge < -0.3 is 14.2 Å². The minimum atomic E-state index is -3.85. The number of rotatable bonds is 4. The Morgan fingerprint density at radius 3 is 2.50 bits per heavy atom. The fraction of sp³-hybridized carbons (Fsp3) is 0.769. The van der Waals surface area contributed by atoms with Crippen molar-refractivity contribution in [1.82, 2.24) is 19.7 Å². The topological polar surface area (TPSA) is 94.4 Å². The van der Waals surface area contributed by atoms with E-state index in [-0.39, 0.29) is 5.16 Å². The predicted molar refractivity (Wildman–Crippen MR) is 77.0 cm³/mol. The molecule has 1 saturated heterocycles. The van der Waals surface area contributed by atoms with Crippen LogP contribution in [0.5, 0.6) is 0 Å². The van der Waals surface area contributed by atoms with Gasteiger partial charge in [0.25, 0.3) is 0 Å². The Morgan fingerprint density at radius 1 is 1.27 bits per heavy atom. The van der Waals surface area contributed by atoms with E-state index in [1.54, 1.807) is 7.05 Å². The minimum Gasteiger partial charge on any atom is -0.378 e. The highest BCUT2D eigenvalue weighted by Crippen LogP contribution is 2.39. The molecule has 3 rings (SSSR count). The van der Waals surface area contributed by atoms with Gasteiger partial charge in [-0.2, -0.15) is 0 Å². The van der Waals surface area contributed by atoms with Crippen LogP contribution in [0.4, 0.5) is 0 Å². The number of amides is 1. The fourth-order valence-electron chi connectivity index (χ4n) is 2.60. The summed E-state index contributed by atoms with van der Waals surface area (Å²) in [6, 6.07) is 0. The molecule has 2 fully saturated rings. The lowest BCUT2D eigenvalue weighted by Gasteiger charge is -2.28. The number of hydrogen-bond acceptors (Lipinski definition) is 6. The molecule has 1 saturated carbocycles. The van der Waals surface area contributed by atoms with Gasteiger partial charge in [-0.25, -0.2) is 8.42 Å². The van der Waals surface area contributed by atoms with E-state index < -0.39 is 21.0 Å². The summed E-state index contributed by atoms with van der Waals surface area (Å²) in [4.78, 5) is 13.9. The summed E-state index contributed by atoms with van der Waals surface area (Å²) in [6.07, 6.45) is 2.02. The standard InChI is InChI=1S/C13H20N4O4S/c1-9(12(18)17-5-7-21-8-6-17)22(19,20)13-15-14-11(16(13)2)10-3-4-10/h9-10H,3-8H2,1-2H3.